The summed E-state index contributed by atoms with van der Waals surface area (Å²) < 4.78 is 45.9. The SMILES string of the molecule is CCOc1ccc(S(=O)(=O)N2CCN(c3cc(F)ccc3[N+](=O)[O-])CC2)cc1. The van der Waals surface area contributed by atoms with E-state index < -0.39 is 20.8 Å². The average molecular weight is 409 g/mol. The fourth-order valence-corrected chi connectivity index (χ4v) is 4.52. The Kier molecular flexibility index (Phi) is 5.80. The van der Waals surface area contributed by atoms with Gasteiger partial charge >= 0.3 is 0 Å². The van der Waals surface area contributed by atoms with E-state index in [2.05, 4.69) is 0 Å². The maximum absolute atomic E-state index is 13.6. The van der Waals surface area contributed by atoms with Crippen molar-refractivity contribution < 1.29 is 22.5 Å². The fourth-order valence-electron chi connectivity index (χ4n) is 3.10. The molecular weight excluding hydrogens is 389 g/mol. The van der Waals surface area contributed by atoms with Gasteiger partial charge in [0.15, 0.2) is 0 Å². The van der Waals surface area contributed by atoms with Crippen molar-refractivity contribution >= 4 is 21.4 Å². The zero-order valence-corrected chi connectivity index (χ0v) is 16.1. The first kappa shape index (κ1) is 20.0. The number of rotatable bonds is 6. The van der Waals surface area contributed by atoms with Crippen LogP contribution in [-0.2, 0) is 10.0 Å². The van der Waals surface area contributed by atoms with E-state index in [1.165, 1.54) is 16.4 Å². The van der Waals surface area contributed by atoms with Crippen LogP contribution in [0.4, 0.5) is 15.8 Å². The lowest BCUT2D eigenvalue weighted by Gasteiger charge is -2.35. The molecule has 28 heavy (non-hydrogen) atoms. The second-order valence-corrected chi connectivity index (χ2v) is 8.12. The standard InChI is InChI=1S/C18H20FN3O5S/c1-2-27-15-4-6-16(7-5-15)28(25,26)21-11-9-20(10-12-21)18-13-14(19)3-8-17(18)22(23)24/h3-8,13H,2,9-12H2,1H3. The molecule has 0 amide bonds. The number of benzene rings is 2. The number of halogens is 1. The lowest BCUT2D eigenvalue weighted by atomic mass is 10.2. The third kappa shape index (κ3) is 4.07. The highest BCUT2D eigenvalue weighted by Gasteiger charge is 2.30. The molecule has 0 radical (unpaired) electrons. The Bertz CT molecular complexity index is 958. The molecule has 150 valence electrons. The smallest absolute Gasteiger partial charge is 0.292 e. The summed E-state index contributed by atoms with van der Waals surface area (Å²) in [5.74, 6) is 0.00900. The van der Waals surface area contributed by atoms with E-state index in [0.29, 0.717) is 12.4 Å². The number of piperazine rings is 1. The van der Waals surface area contributed by atoms with Crippen LogP contribution in [-0.4, -0.2) is 50.4 Å². The van der Waals surface area contributed by atoms with Gasteiger partial charge in [0.05, 0.1) is 16.4 Å². The number of nitrogens with zero attached hydrogens (tertiary/aromatic N) is 3. The van der Waals surface area contributed by atoms with Crippen LogP contribution >= 0.6 is 0 Å². The van der Waals surface area contributed by atoms with Gasteiger partial charge in [-0.25, -0.2) is 12.8 Å². The molecule has 8 nitrogen and oxygen atoms in total. The highest BCUT2D eigenvalue weighted by molar-refractivity contribution is 7.89. The second-order valence-electron chi connectivity index (χ2n) is 6.19. The predicted molar refractivity (Wildman–Crippen MR) is 102 cm³/mol. The monoisotopic (exact) mass is 409 g/mol. The lowest BCUT2D eigenvalue weighted by molar-refractivity contribution is -0.384. The van der Waals surface area contributed by atoms with Crippen LogP contribution in [0.2, 0.25) is 0 Å². The van der Waals surface area contributed by atoms with E-state index in [9.17, 15) is 22.9 Å². The molecule has 0 N–H and O–H groups in total. The molecule has 3 rings (SSSR count). The van der Waals surface area contributed by atoms with Crippen LogP contribution in [0.25, 0.3) is 0 Å². The minimum atomic E-state index is -3.69. The van der Waals surface area contributed by atoms with E-state index in [1.807, 2.05) is 6.92 Å². The molecular formula is C18H20FN3O5S. The van der Waals surface area contributed by atoms with Gasteiger partial charge in [0, 0.05) is 38.3 Å². The minimum Gasteiger partial charge on any atom is -0.494 e. The van der Waals surface area contributed by atoms with E-state index in [4.69, 9.17) is 4.74 Å². The van der Waals surface area contributed by atoms with Crippen molar-refractivity contribution in [3.05, 3.63) is 58.4 Å². The Morgan fingerprint density at radius 3 is 2.32 bits per heavy atom. The Balaban J connectivity index is 1.75. The predicted octanol–water partition coefficient (Wildman–Crippen LogP) is 2.64. The van der Waals surface area contributed by atoms with Crippen molar-refractivity contribution in [2.45, 2.75) is 11.8 Å². The van der Waals surface area contributed by atoms with Crippen molar-refractivity contribution in [1.82, 2.24) is 4.31 Å². The van der Waals surface area contributed by atoms with Crippen LogP contribution in [0.5, 0.6) is 5.75 Å². The molecule has 0 bridgehead atoms. The van der Waals surface area contributed by atoms with Crippen molar-refractivity contribution in [2.75, 3.05) is 37.7 Å². The van der Waals surface area contributed by atoms with Gasteiger partial charge < -0.3 is 9.64 Å². The number of sulfonamides is 1. The van der Waals surface area contributed by atoms with Crippen LogP contribution in [0.1, 0.15) is 6.92 Å². The van der Waals surface area contributed by atoms with Crippen LogP contribution < -0.4 is 9.64 Å². The molecule has 1 fully saturated rings. The number of anilines is 1. The highest BCUT2D eigenvalue weighted by Crippen LogP contribution is 2.30. The zero-order chi connectivity index (χ0) is 20.3. The van der Waals surface area contributed by atoms with E-state index in [-0.39, 0.29) is 42.4 Å². The van der Waals surface area contributed by atoms with Gasteiger partial charge in [-0.15, -0.1) is 0 Å². The first-order chi connectivity index (χ1) is 13.3. The van der Waals surface area contributed by atoms with Crippen molar-refractivity contribution in [2.24, 2.45) is 0 Å². The Labute approximate surface area is 162 Å². The van der Waals surface area contributed by atoms with Gasteiger partial charge in [-0.2, -0.15) is 4.31 Å². The zero-order valence-electron chi connectivity index (χ0n) is 15.2. The first-order valence-corrected chi connectivity index (χ1v) is 10.2. The molecule has 10 heteroatoms. The molecule has 1 aliphatic heterocycles. The third-order valence-corrected chi connectivity index (χ3v) is 6.40. The summed E-state index contributed by atoms with van der Waals surface area (Å²) >= 11 is 0. The molecule has 0 unspecified atom stereocenters. The summed E-state index contributed by atoms with van der Waals surface area (Å²) in [4.78, 5) is 12.4. The normalized spacial score (nSPS) is 15.4. The van der Waals surface area contributed by atoms with Crippen molar-refractivity contribution in [3.63, 3.8) is 0 Å². The summed E-state index contributed by atoms with van der Waals surface area (Å²) in [6.45, 7) is 3.06. The summed E-state index contributed by atoms with van der Waals surface area (Å²) in [7, 11) is -3.69. The van der Waals surface area contributed by atoms with Gasteiger partial charge in [-0.3, -0.25) is 10.1 Å². The molecule has 0 saturated carbocycles. The number of hydrogen-bond donors (Lipinski definition) is 0. The molecule has 0 aromatic heterocycles. The summed E-state index contributed by atoms with van der Waals surface area (Å²) in [5.41, 5.74) is -0.0488. The summed E-state index contributed by atoms with van der Waals surface area (Å²) in [6.07, 6.45) is 0. The summed E-state index contributed by atoms with van der Waals surface area (Å²) in [5, 5.41) is 11.2. The Hall–Kier alpha value is -2.72. The number of nitro groups is 1. The number of nitro benzene ring substituents is 1. The number of ether oxygens (including phenoxy) is 1. The van der Waals surface area contributed by atoms with Gasteiger partial charge in [0.1, 0.15) is 17.3 Å². The van der Waals surface area contributed by atoms with E-state index >= 15 is 0 Å². The summed E-state index contributed by atoms with van der Waals surface area (Å²) in [6, 6.07) is 9.44. The largest absolute Gasteiger partial charge is 0.494 e. The van der Waals surface area contributed by atoms with Gasteiger partial charge in [0.2, 0.25) is 10.0 Å². The molecule has 0 spiro atoms. The maximum atomic E-state index is 13.6. The quantitative estimate of drug-likeness (QED) is 0.538. The molecule has 1 saturated heterocycles. The Morgan fingerprint density at radius 1 is 1.11 bits per heavy atom. The van der Waals surface area contributed by atoms with Gasteiger partial charge in [-0.1, -0.05) is 0 Å². The average Bonchev–Trinajstić information content (AvgIpc) is 2.68. The van der Waals surface area contributed by atoms with Crippen molar-refractivity contribution in [1.29, 1.82) is 0 Å². The van der Waals surface area contributed by atoms with Gasteiger partial charge in [-0.05, 0) is 37.3 Å². The van der Waals surface area contributed by atoms with Crippen LogP contribution in [0, 0.1) is 15.9 Å². The highest BCUT2D eigenvalue weighted by atomic mass is 32.2. The first-order valence-electron chi connectivity index (χ1n) is 8.75. The number of hydrogen-bond acceptors (Lipinski definition) is 6. The topological polar surface area (TPSA) is 93.0 Å². The molecule has 1 aliphatic rings. The van der Waals surface area contributed by atoms with Crippen LogP contribution in [0.3, 0.4) is 0 Å². The lowest BCUT2D eigenvalue weighted by Crippen LogP contribution is -2.48. The molecule has 1 heterocycles. The molecule has 2 aromatic carbocycles. The third-order valence-electron chi connectivity index (χ3n) is 4.49. The Morgan fingerprint density at radius 2 is 1.75 bits per heavy atom. The molecule has 0 aliphatic carbocycles. The van der Waals surface area contributed by atoms with E-state index in [0.717, 1.165) is 18.2 Å². The molecule has 2 aromatic rings. The minimum absolute atomic E-state index is 0.142. The maximum Gasteiger partial charge on any atom is 0.292 e. The van der Waals surface area contributed by atoms with Crippen molar-refractivity contribution in [3.8, 4) is 5.75 Å². The van der Waals surface area contributed by atoms with Gasteiger partial charge in [0.25, 0.3) is 5.69 Å². The second kappa shape index (κ2) is 8.11. The molecule has 0 atom stereocenters. The fraction of sp³-hybridized carbons (Fsp3) is 0.333. The van der Waals surface area contributed by atoms with Crippen LogP contribution in [0.15, 0.2) is 47.4 Å². The van der Waals surface area contributed by atoms with E-state index in [1.54, 1.807) is 17.0 Å².